The highest BCUT2D eigenvalue weighted by atomic mass is 19.1. The van der Waals surface area contributed by atoms with E-state index in [1.807, 2.05) is 0 Å². The average Bonchev–Trinajstić information content (AvgIpc) is 2.38. The largest absolute Gasteiger partial charge is 0.342 e. The van der Waals surface area contributed by atoms with Crippen molar-refractivity contribution in [2.75, 3.05) is 11.9 Å². The van der Waals surface area contributed by atoms with Gasteiger partial charge >= 0.3 is 0 Å². The first-order valence-corrected chi connectivity index (χ1v) is 6.04. The summed E-state index contributed by atoms with van der Waals surface area (Å²) in [4.78, 5) is 1.67. The molecule has 1 atom stereocenters. The van der Waals surface area contributed by atoms with Gasteiger partial charge in [-0.25, -0.2) is 8.78 Å². The minimum Gasteiger partial charge on any atom is -0.342 e. The number of hydrogen-bond donors (Lipinski definition) is 1. The number of rotatable bonds is 3. The molecule has 2 aromatic rings. The lowest BCUT2D eigenvalue weighted by Gasteiger charge is -2.24. The second-order valence-corrected chi connectivity index (χ2v) is 4.50. The topological polar surface area (TPSA) is 29.3 Å². The van der Waals surface area contributed by atoms with Crippen molar-refractivity contribution in [2.45, 2.75) is 13.0 Å². The van der Waals surface area contributed by atoms with Crippen LogP contribution in [0.2, 0.25) is 0 Å². The first-order valence-electron chi connectivity index (χ1n) is 6.04. The lowest BCUT2D eigenvalue weighted by atomic mass is 10.1. The summed E-state index contributed by atoms with van der Waals surface area (Å²) < 4.78 is 27.0. The van der Waals surface area contributed by atoms with Gasteiger partial charge < -0.3 is 10.6 Å². The minimum atomic E-state index is -0.346. The van der Waals surface area contributed by atoms with Gasteiger partial charge in [0.2, 0.25) is 0 Å². The van der Waals surface area contributed by atoms with Gasteiger partial charge in [-0.2, -0.15) is 0 Å². The van der Waals surface area contributed by atoms with Crippen LogP contribution in [-0.2, 0) is 0 Å². The molecule has 4 heteroatoms. The molecule has 0 aromatic heterocycles. The number of nitrogens with two attached hydrogens (primary N) is 1. The van der Waals surface area contributed by atoms with E-state index in [1.54, 1.807) is 43.1 Å². The molecule has 0 fully saturated rings. The van der Waals surface area contributed by atoms with Crippen LogP contribution in [0.15, 0.2) is 42.5 Å². The van der Waals surface area contributed by atoms with E-state index in [1.165, 1.54) is 18.2 Å². The summed E-state index contributed by atoms with van der Waals surface area (Å²) in [5.74, 6) is -0.667. The van der Waals surface area contributed by atoms with E-state index in [0.29, 0.717) is 16.9 Å². The van der Waals surface area contributed by atoms with Gasteiger partial charge in [-0.05, 0) is 42.8 Å². The summed E-state index contributed by atoms with van der Waals surface area (Å²) in [6.07, 6.45) is 0. The summed E-state index contributed by atoms with van der Waals surface area (Å²) in [7, 11) is 1.73. The molecule has 0 bridgehead atoms. The fraction of sp³-hybridized carbons (Fsp3) is 0.200. The van der Waals surface area contributed by atoms with Gasteiger partial charge in [-0.3, -0.25) is 0 Å². The minimum absolute atomic E-state index is 0.284. The molecule has 100 valence electrons. The lowest BCUT2D eigenvalue weighted by Crippen LogP contribution is -2.17. The molecule has 2 rings (SSSR count). The summed E-state index contributed by atoms with van der Waals surface area (Å²) in [5.41, 5.74) is 7.71. The number of para-hydroxylation sites is 1. The highest BCUT2D eigenvalue weighted by molar-refractivity contribution is 5.67. The van der Waals surface area contributed by atoms with Crippen LogP contribution in [0, 0.1) is 11.6 Å². The molecule has 2 nitrogen and oxygen atoms in total. The van der Waals surface area contributed by atoms with E-state index in [-0.39, 0.29) is 17.7 Å². The molecule has 0 amide bonds. The van der Waals surface area contributed by atoms with E-state index in [2.05, 4.69) is 0 Å². The predicted molar refractivity (Wildman–Crippen MR) is 73.5 cm³/mol. The van der Waals surface area contributed by atoms with Crippen LogP contribution in [0.4, 0.5) is 20.2 Å². The maximum Gasteiger partial charge on any atom is 0.147 e. The molecule has 0 aliphatic carbocycles. The van der Waals surface area contributed by atoms with Crippen LogP contribution in [0.1, 0.15) is 18.5 Å². The highest BCUT2D eigenvalue weighted by Gasteiger charge is 2.16. The molecule has 0 saturated carbocycles. The normalized spacial score (nSPS) is 12.3. The van der Waals surface area contributed by atoms with Crippen LogP contribution < -0.4 is 10.6 Å². The monoisotopic (exact) mass is 262 g/mol. The zero-order valence-electron chi connectivity index (χ0n) is 10.9. The van der Waals surface area contributed by atoms with Gasteiger partial charge in [0.25, 0.3) is 0 Å². The van der Waals surface area contributed by atoms with Gasteiger partial charge in [-0.1, -0.05) is 12.1 Å². The molecule has 0 spiro atoms. The van der Waals surface area contributed by atoms with Crippen molar-refractivity contribution < 1.29 is 8.78 Å². The summed E-state index contributed by atoms with van der Waals surface area (Å²) in [5, 5.41) is 0. The van der Waals surface area contributed by atoms with Crippen molar-refractivity contribution in [1.29, 1.82) is 0 Å². The fourth-order valence-electron chi connectivity index (χ4n) is 2.05. The zero-order chi connectivity index (χ0) is 14.0. The summed E-state index contributed by atoms with van der Waals surface area (Å²) >= 11 is 0. The SMILES string of the molecule is CC(N)c1cccc(F)c1N(C)c1ccc(F)cc1. The number of anilines is 2. The lowest BCUT2D eigenvalue weighted by molar-refractivity contribution is 0.621. The van der Waals surface area contributed by atoms with E-state index in [9.17, 15) is 8.78 Å². The maximum atomic E-state index is 14.1. The molecular formula is C15H16F2N2. The van der Waals surface area contributed by atoms with E-state index < -0.39 is 0 Å². The molecule has 2 aromatic carbocycles. The van der Waals surface area contributed by atoms with Crippen molar-refractivity contribution in [3.63, 3.8) is 0 Å². The van der Waals surface area contributed by atoms with E-state index in [0.717, 1.165) is 0 Å². The third-order valence-corrected chi connectivity index (χ3v) is 3.06. The second-order valence-electron chi connectivity index (χ2n) is 4.50. The smallest absolute Gasteiger partial charge is 0.147 e. The third kappa shape index (κ3) is 2.74. The van der Waals surface area contributed by atoms with E-state index in [4.69, 9.17) is 5.73 Å². The van der Waals surface area contributed by atoms with Crippen molar-refractivity contribution in [3.05, 3.63) is 59.7 Å². The van der Waals surface area contributed by atoms with Gasteiger partial charge in [0, 0.05) is 18.8 Å². The van der Waals surface area contributed by atoms with Crippen molar-refractivity contribution in [2.24, 2.45) is 5.73 Å². The molecule has 2 N–H and O–H groups in total. The molecule has 0 aliphatic rings. The standard InChI is InChI=1S/C15H16F2N2/c1-10(18)13-4-3-5-14(17)15(13)19(2)12-8-6-11(16)7-9-12/h3-10H,18H2,1-2H3. The molecular weight excluding hydrogens is 246 g/mol. The van der Waals surface area contributed by atoms with Gasteiger partial charge in [0.1, 0.15) is 11.6 Å². The van der Waals surface area contributed by atoms with Gasteiger partial charge in [0.05, 0.1) is 5.69 Å². The number of halogens is 2. The molecule has 19 heavy (non-hydrogen) atoms. The van der Waals surface area contributed by atoms with Gasteiger partial charge in [-0.15, -0.1) is 0 Å². The first-order chi connectivity index (χ1) is 9.00. The van der Waals surface area contributed by atoms with Crippen LogP contribution in [0.3, 0.4) is 0 Å². The Bertz CT molecular complexity index is 565. The highest BCUT2D eigenvalue weighted by Crippen LogP contribution is 2.32. The van der Waals surface area contributed by atoms with Crippen LogP contribution in [-0.4, -0.2) is 7.05 Å². The van der Waals surface area contributed by atoms with E-state index >= 15 is 0 Å². The molecule has 0 aliphatic heterocycles. The predicted octanol–water partition coefficient (Wildman–Crippen LogP) is 3.75. The van der Waals surface area contributed by atoms with Crippen molar-refractivity contribution in [1.82, 2.24) is 0 Å². The number of hydrogen-bond acceptors (Lipinski definition) is 2. The average molecular weight is 262 g/mol. The second kappa shape index (κ2) is 5.36. The Morgan fingerprint density at radius 2 is 1.68 bits per heavy atom. The Morgan fingerprint density at radius 3 is 2.26 bits per heavy atom. The van der Waals surface area contributed by atoms with Crippen molar-refractivity contribution in [3.8, 4) is 0 Å². The first kappa shape index (κ1) is 13.5. The maximum absolute atomic E-state index is 14.1. The van der Waals surface area contributed by atoms with Crippen LogP contribution in [0.25, 0.3) is 0 Å². The quantitative estimate of drug-likeness (QED) is 0.912. The molecule has 0 heterocycles. The molecule has 0 radical (unpaired) electrons. The summed E-state index contributed by atoms with van der Waals surface area (Å²) in [6.45, 7) is 1.80. The Hall–Kier alpha value is -1.94. The Balaban J connectivity index is 2.49. The van der Waals surface area contributed by atoms with Crippen molar-refractivity contribution >= 4 is 11.4 Å². The van der Waals surface area contributed by atoms with Crippen LogP contribution in [0.5, 0.6) is 0 Å². The number of nitrogens with zero attached hydrogens (tertiary/aromatic N) is 1. The molecule has 0 saturated heterocycles. The van der Waals surface area contributed by atoms with Crippen LogP contribution >= 0.6 is 0 Å². The summed E-state index contributed by atoms with van der Waals surface area (Å²) in [6, 6.07) is 10.4. The third-order valence-electron chi connectivity index (χ3n) is 3.06. The number of benzene rings is 2. The Morgan fingerprint density at radius 1 is 1.05 bits per heavy atom. The molecule has 1 unspecified atom stereocenters. The Labute approximate surface area is 111 Å². The Kier molecular flexibility index (Phi) is 3.81. The fourth-order valence-corrected chi connectivity index (χ4v) is 2.05. The zero-order valence-corrected chi connectivity index (χ0v) is 10.9. The van der Waals surface area contributed by atoms with Gasteiger partial charge in [0.15, 0.2) is 0 Å².